The van der Waals surface area contributed by atoms with Crippen LogP contribution in [0.3, 0.4) is 0 Å². The fourth-order valence-corrected chi connectivity index (χ4v) is 0.859. The lowest BCUT2D eigenvalue weighted by Gasteiger charge is -2.05. The lowest BCUT2D eigenvalue weighted by atomic mass is 10.3. The van der Waals surface area contributed by atoms with E-state index in [4.69, 9.17) is 9.47 Å². The van der Waals surface area contributed by atoms with E-state index in [-0.39, 0.29) is 0 Å². The smallest absolute Gasteiger partial charge is 0.338 e. The van der Waals surface area contributed by atoms with Crippen LogP contribution in [0.15, 0.2) is 36.4 Å². The van der Waals surface area contributed by atoms with Crippen molar-refractivity contribution in [3.05, 3.63) is 36.4 Å². The van der Waals surface area contributed by atoms with Gasteiger partial charge in [0.05, 0.1) is 7.11 Å². The number of carbonyl (C=O) groups excluding carboxylic acids is 1. The third kappa shape index (κ3) is 2.62. The number of rotatable bonds is 3. The molecular weight excluding hydrogens is 180 g/mol. The fraction of sp³-hybridized carbons (Fsp3) is 0.182. The molecule has 74 valence electrons. The Bertz CT molecular complexity index is 355. The van der Waals surface area contributed by atoms with E-state index in [1.54, 1.807) is 38.3 Å². The molecule has 0 saturated carbocycles. The number of hydrogen-bond acceptors (Lipinski definition) is 3. The lowest BCUT2D eigenvalue weighted by Crippen LogP contribution is -2.07. The van der Waals surface area contributed by atoms with Gasteiger partial charge in [0, 0.05) is 11.6 Å². The van der Waals surface area contributed by atoms with Crippen molar-refractivity contribution in [1.29, 1.82) is 0 Å². The summed E-state index contributed by atoms with van der Waals surface area (Å²) in [5, 5.41) is 0. The molecule has 0 unspecified atom stereocenters. The highest BCUT2D eigenvalue weighted by Crippen LogP contribution is 2.19. The second-order valence-electron chi connectivity index (χ2n) is 2.85. The average molecular weight is 192 g/mol. The first kappa shape index (κ1) is 10.3. The lowest BCUT2D eigenvalue weighted by molar-refractivity contribution is -0.130. The summed E-state index contributed by atoms with van der Waals surface area (Å²) in [7, 11) is 1.56. The van der Waals surface area contributed by atoms with E-state index in [1.807, 2.05) is 0 Å². The van der Waals surface area contributed by atoms with E-state index < -0.39 is 5.97 Å². The van der Waals surface area contributed by atoms with E-state index in [1.165, 1.54) is 0 Å². The van der Waals surface area contributed by atoms with E-state index >= 15 is 0 Å². The third-order valence-electron chi connectivity index (χ3n) is 1.60. The molecule has 3 nitrogen and oxygen atoms in total. The summed E-state index contributed by atoms with van der Waals surface area (Å²) in [5.41, 5.74) is 0.368. The van der Waals surface area contributed by atoms with E-state index in [2.05, 4.69) is 6.58 Å². The van der Waals surface area contributed by atoms with Gasteiger partial charge in [0.15, 0.2) is 0 Å². The van der Waals surface area contributed by atoms with Crippen molar-refractivity contribution in [3.8, 4) is 11.5 Å². The average Bonchev–Trinajstić information content (AvgIpc) is 2.18. The molecule has 0 saturated heterocycles. The summed E-state index contributed by atoms with van der Waals surface area (Å²) < 4.78 is 9.98. The van der Waals surface area contributed by atoms with E-state index in [0.717, 1.165) is 0 Å². The van der Waals surface area contributed by atoms with Gasteiger partial charge in [-0.2, -0.15) is 0 Å². The van der Waals surface area contributed by atoms with Crippen LogP contribution in [-0.2, 0) is 4.79 Å². The van der Waals surface area contributed by atoms with Crippen molar-refractivity contribution in [2.24, 2.45) is 0 Å². The van der Waals surface area contributed by atoms with Crippen molar-refractivity contribution in [2.45, 2.75) is 6.92 Å². The number of methoxy groups -OCH3 is 1. The number of esters is 1. The van der Waals surface area contributed by atoms with Crippen LogP contribution in [-0.4, -0.2) is 13.1 Å². The summed E-state index contributed by atoms with van der Waals surface area (Å²) >= 11 is 0. The minimum absolute atomic E-state index is 0.368. The number of benzene rings is 1. The van der Waals surface area contributed by atoms with Crippen molar-refractivity contribution in [2.75, 3.05) is 7.11 Å². The molecule has 0 N–H and O–H groups in total. The van der Waals surface area contributed by atoms with E-state index in [9.17, 15) is 4.79 Å². The topological polar surface area (TPSA) is 35.5 Å². The van der Waals surface area contributed by atoms with Crippen molar-refractivity contribution < 1.29 is 14.3 Å². The molecule has 3 heteroatoms. The number of hydrogen-bond donors (Lipinski definition) is 0. The largest absolute Gasteiger partial charge is 0.497 e. The molecule has 0 aliphatic heterocycles. The van der Waals surface area contributed by atoms with Gasteiger partial charge in [0.2, 0.25) is 0 Å². The van der Waals surface area contributed by atoms with Crippen LogP contribution in [0, 0.1) is 0 Å². The Morgan fingerprint density at radius 1 is 1.36 bits per heavy atom. The standard InChI is InChI=1S/C11H12O3/c1-8(2)11(12)14-10-6-4-5-9(7-10)13-3/h4-7H,1H2,2-3H3. The van der Waals surface area contributed by atoms with Crippen LogP contribution in [0.4, 0.5) is 0 Å². The molecule has 0 heterocycles. The zero-order valence-electron chi connectivity index (χ0n) is 8.24. The van der Waals surface area contributed by atoms with Gasteiger partial charge in [-0.3, -0.25) is 0 Å². The normalized spacial score (nSPS) is 9.29. The Morgan fingerprint density at radius 2 is 2.00 bits per heavy atom. The molecule has 1 aromatic rings. The Labute approximate surface area is 83.0 Å². The van der Waals surface area contributed by atoms with Gasteiger partial charge in [0.25, 0.3) is 0 Å². The zero-order valence-corrected chi connectivity index (χ0v) is 8.24. The molecule has 1 rings (SSSR count). The molecule has 0 aliphatic rings. The Morgan fingerprint density at radius 3 is 2.57 bits per heavy atom. The highest BCUT2D eigenvalue weighted by atomic mass is 16.5. The summed E-state index contributed by atoms with van der Waals surface area (Å²) in [6.45, 7) is 5.09. The Balaban J connectivity index is 2.76. The number of ether oxygens (including phenoxy) is 2. The molecule has 0 radical (unpaired) electrons. The summed E-state index contributed by atoms with van der Waals surface area (Å²) in [5.74, 6) is 0.674. The minimum Gasteiger partial charge on any atom is -0.497 e. The predicted molar refractivity (Wildman–Crippen MR) is 53.4 cm³/mol. The maximum absolute atomic E-state index is 11.1. The van der Waals surface area contributed by atoms with Gasteiger partial charge < -0.3 is 9.47 Å². The first-order valence-electron chi connectivity index (χ1n) is 4.15. The fourth-order valence-electron chi connectivity index (χ4n) is 0.859. The monoisotopic (exact) mass is 192 g/mol. The zero-order chi connectivity index (χ0) is 10.6. The van der Waals surface area contributed by atoms with Crippen molar-refractivity contribution >= 4 is 5.97 Å². The van der Waals surface area contributed by atoms with Crippen LogP contribution >= 0.6 is 0 Å². The quantitative estimate of drug-likeness (QED) is 0.418. The van der Waals surface area contributed by atoms with Crippen molar-refractivity contribution in [3.63, 3.8) is 0 Å². The van der Waals surface area contributed by atoms with Crippen LogP contribution in [0.5, 0.6) is 11.5 Å². The molecule has 0 spiro atoms. The molecule has 0 aliphatic carbocycles. The maximum Gasteiger partial charge on any atom is 0.338 e. The first-order chi connectivity index (χ1) is 6.63. The van der Waals surface area contributed by atoms with Crippen LogP contribution in [0.2, 0.25) is 0 Å². The first-order valence-corrected chi connectivity index (χ1v) is 4.15. The molecule has 0 amide bonds. The predicted octanol–water partition coefficient (Wildman–Crippen LogP) is 2.18. The molecule has 0 aromatic heterocycles. The van der Waals surface area contributed by atoms with Gasteiger partial charge >= 0.3 is 5.97 Å². The van der Waals surface area contributed by atoms with Crippen LogP contribution < -0.4 is 9.47 Å². The summed E-state index contributed by atoms with van der Waals surface area (Å²) in [6.07, 6.45) is 0. The molecule has 0 fully saturated rings. The Kier molecular flexibility index (Phi) is 3.29. The number of carbonyl (C=O) groups is 1. The van der Waals surface area contributed by atoms with Crippen LogP contribution in [0.25, 0.3) is 0 Å². The Hall–Kier alpha value is -1.77. The van der Waals surface area contributed by atoms with Gasteiger partial charge in [-0.1, -0.05) is 12.6 Å². The SMILES string of the molecule is C=C(C)C(=O)Oc1cccc(OC)c1. The highest BCUT2D eigenvalue weighted by molar-refractivity contribution is 5.88. The minimum atomic E-state index is -0.432. The summed E-state index contributed by atoms with van der Waals surface area (Å²) in [6, 6.07) is 6.85. The van der Waals surface area contributed by atoms with Gasteiger partial charge in [-0.05, 0) is 19.1 Å². The molecular formula is C11H12O3. The second kappa shape index (κ2) is 4.46. The third-order valence-corrected chi connectivity index (χ3v) is 1.60. The summed E-state index contributed by atoms with van der Waals surface area (Å²) in [4.78, 5) is 11.1. The molecule has 14 heavy (non-hydrogen) atoms. The van der Waals surface area contributed by atoms with E-state index in [0.29, 0.717) is 17.1 Å². The highest BCUT2D eigenvalue weighted by Gasteiger charge is 2.05. The van der Waals surface area contributed by atoms with Crippen LogP contribution in [0.1, 0.15) is 6.92 Å². The second-order valence-corrected chi connectivity index (χ2v) is 2.85. The van der Waals surface area contributed by atoms with Gasteiger partial charge in [-0.15, -0.1) is 0 Å². The van der Waals surface area contributed by atoms with Crippen molar-refractivity contribution in [1.82, 2.24) is 0 Å². The van der Waals surface area contributed by atoms with Gasteiger partial charge in [0.1, 0.15) is 11.5 Å². The molecule has 1 aromatic carbocycles. The molecule has 0 bridgehead atoms. The molecule has 0 atom stereocenters. The van der Waals surface area contributed by atoms with Gasteiger partial charge in [-0.25, -0.2) is 4.79 Å². The maximum atomic E-state index is 11.1.